The van der Waals surface area contributed by atoms with E-state index in [9.17, 15) is 4.79 Å². The lowest BCUT2D eigenvalue weighted by Crippen LogP contribution is -2.49. The fraction of sp³-hybridized carbons (Fsp3) is 0.429. The maximum atomic E-state index is 12.5. The van der Waals surface area contributed by atoms with Gasteiger partial charge in [0.2, 0.25) is 0 Å². The van der Waals surface area contributed by atoms with Crippen LogP contribution in [0.5, 0.6) is 0 Å². The number of rotatable bonds is 3. The smallest absolute Gasteiger partial charge is 0.289 e. The Morgan fingerprint density at radius 3 is 2.59 bits per heavy atom. The number of nitrogens with one attached hydrogen (secondary N) is 1. The summed E-state index contributed by atoms with van der Waals surface area (Å²) in [4.78, 5) is 23.7. The van der Waals surface area contributed by atoms with E-state index >= 15 is 0 Å². The predicted octanol–water partition coefficient (Wildman–Crippen LogP) is 1.62. The molecule has 2 N–H and O–H groups in total. The summed E-state index contributed by atoms with van der Waals surface area (Å²) in [5.74, 6) is 0.163. The molecule has 22 heavy (non-hydrogen) atoms. The van der Waals surface area contributed by atoms with Crippen molar-refractivity contribution in [2.24, 2.45) is 0 Å². The van der Waals surface area contributed by atoms with E-state index in [1.165, 1.54) is 0 Å². The first-order chi connectivity index (χ1) is 10.6. The van der Waals surface area contributed by atoms with Crippen LogP contribution in [0.4, 0.5) is 0 Å². The molecular weight excluding hydrogens is 327 g/mol. The van der Waals surface area contributed by atoms with Crippen molar-refractivity contribution in [2.75, 3.05) is 39.3 Å². The van der Waals surface area contributed by atoms with Crippen LogP contribution in [0.1, 0.15) is 10.6 Å². The third-order valence-corrected chi connectivity index (χ3v) is 4.52. The average molecular weight is 343 g/mol. The van der Waals surface area contributed by atoms with E-state index in [1.54, 1.807) is 17.0 Å². The van der Waals surface area contributed by atoms with E-state index in [2.05, 4.69) is 14.9 Å². The molecule has 1 amide bonds. The quantitative estimate of drug-likeness (QED) is 0.888. The first-order valence-electron chi connectivity index (χ1n) is 7.05. The van der Waals surface area contributed by atoms with Crippen LogP contribution in [0.3, 0.4) is 0 Å². The zero-order chi connectivity index (χ0) is 15.7. The number of hydrogen-bond donors (Lipinski definition) is 2. The molecule has 2 aromatic rings. The molecule has 0 aliphatic carbocycles. The molecule has 1 aliphatic rings. The van der Waals surface area contributed by atoms with Gasteiger partial charge in [-0.05, 0) is 12.1 Å². The summed E-state index contributed by atoms with van der Waals surface area (Å²) in [5.41, 5.74) is 1.31. The lowest BCUT2D eigenvalue weighted by Gasteiger charge is -2.33. The van der Waals surface area contributed by atoms with Crippen molar-refractivity contribution in [2.45, 2.75) is 0 Å². The normalized spacial score (nSPS) is 16.4. The van der Waals surface area contributed by atoms with Gasteiger partial charge in [-0.1, -0.05) is 23.2 Å². The number of aliphatic hydroxyl groups is 1. The van der Waals surface area contributed by atoms with Crippen LogP contribution in [0, 0.1) is 0 Å². The Labute approximate surface area is 137 Å². The Kier molecular flexibility index (Phi) is 4.54. The molecule has 0 saturated carbocycles. The number of aromatic nitrogens is 2. The monoisotopic (exact) mass is 342 g/mol. The molecule has 8 heteroatoms. The number of aliphatic hydroxyl groups excluding tert-OH is 1. The maximum absolute atomic E-state index is 12.5. The molecule has 1 saturated heterocycles. The van der Waals surface area contributed by atoms with Crippen LogP contribution in [0.15, 0.2) is 12.1 Å². The minimum absolute atomic E-state index is 0.132. The molecule has 1 aromatic carbocycles. The summed E-state index contributed by atoms with van der Waals surface area (Å²) in [6, 6.07) is 3.31. The highest BCUT2D eigenvalue weighted by Crippen LogP contribution is 2.26. The number of piperazine rings is 1. The zero-order valence-corrected chi connectivity index (χ0v) is 13.4. The molecule has 3 rings (SSSR count). The fourth-order valence-electron chi connectivity index (χ4n) is 2.57. The summed E-state index contributed by atoms with van der Waals surface area (Å²) < 4.78 is 0. The molecule has 0 unspecified atom stereocenters. The topological polar surface area (TPSA) is 72.5 Å². The molecule has 0 atom stereocenters. The van der Waals surface area contributed by atoms with Gasteiger partial charge in [-0.25, -0.2) is 4.98 Å². The van der Waals surface area contributed by atoms with E-state index in [0.29, 0.717) is 46.5 Å². The Morgan fingerprint density at radius 1 is 1.23 bits per heavy atom. The molecule has 1 fully saturated rings. The van der Waals surface area contributed by atoms with Crippen molar-refractivity contribution < 1.29 is 9.90 Å². The highest BCUT2D eigenvalue weighted by molar-refractivity contribution is 6.42. The zero-order valence-electron chi connectivity index (χ0n) is 11.9. The number of carbonyl (C=O) groups excluding carboxylic acids is 1. The SMILES string of the molecule is O=C(c1nc2cc(Cl)c(Cl)cc2[nH]1)N1CCN(CCO)CC1. The van der Waals surface area contributed by atoms with Crippen molar-refractivity contribution in [1.82, 2.24) is 19.8 Å². The number of nitrogens with zero attached hydrogens (tertiary/aromatic N) is 3. The number of β-amino-alcohol motifs (C(OH)–C–C–N with tert-alkyl or cyclic N) is 1. The van der Waals surface area contributed by atoms with Gasteiger partial charge < -0.3 is 15.0 Å². The van der Waals surface area contributed by atoms with Gasteiger partial charge in [-0.15, -0.1) is 0 Å². The molecule has 6 nitrogen and oxygen atoms in total. The predicted molar refractivity (Wildman–Crippen MR) is 85.5 cm³/mol. The van der Waals surface area contributed by atoms with E-state index in [-0.39, 0.29) is 12.5 Å². The highest BCUT2D eigenvalue weighted by atomic mass is 35.5. The number of imidazole rings is 1. The van der Waals surface area contributed by atoms with Crippen molar-refractivity contribution in [3.8, 4) is 0 Å². The summed E-state index contributed by atoms with van der Waals surface area (Å²) in [6.07, 6.45) is 0. The lowest BCUT2D eigenvalue weighted by molar-refractivity contribution is 0.0605. The van der Waals surface area contributed by atoms with Crippen molar-refractivity contribution >= 4 is 40.1 Å². The van der Waals surface area contributed by atoms with E-state index in [1.807, 2.05) is 0 Å². The molecule has 0 bridgehead atoms. The Morgan fingerprint density at radius 2 is 1.91 bits per heavy atom. The number of benzene rings is 1. The summed E-state index contributed by atoms with van der Waals surface area (Å²) in [6.45, 7) is 3.53. The van der Waals surface area contributed by atoms with Gasteiger partial charge in [0.1, 0.15) is 0 Å². The molecule has 0 spiro atoms. The second-order valence-corrected chi connectivity index (χ2v) is 6.04. The second kappa shape index (κ2) is 6.42. The first-order valence-corrected chi connectivity index (χ1v) is 7.81. The van der Waals surface area contributed by atoms with E-state index in [4.69, 9.17) is 28.3 Å². The summed E-state index contributed by atoms with van der Waals surface area (Å²) in [5, 5.41) is 9.78. The Hall–Kier alpha value is -1.34. The first kappa shape index (κ1) is 15.6. The van der Waals surface area contributed by atoms with Crippen LogP contribution in [-0.4, -0.2) is 70.1 Å². The second-order valence-electron chi connectivity index (χ2n) is 5.23. The maximum Gasteiger partial charge on any atom is 0.289 e. The third-order valence-electron chi connectivity index (χ3n) is 3.80. The number of carbonyl (C=O) groups is 1. The Bertz CT molecular complexity index is 656. The molecule has 1 aromatic heterocycles. The fourth-order valence-corrected chi connectivity index (χ4v) is 2.89. The van der Waals surface area contributed by atoms with Crippen molar-refractivity contribution in [1.29, 1.82) is 0 Å². The number of hydrogen-bond acceptors (Lipinski definition) is 4. The lowest BCUT2D eigenvalue weighted by atomic mass is 10.3. The highest BCUT2D eigenvalue weighted by Gasteiger charge is 2.24. The molecule has 0 radical (unpaired) electrons. The van der Waals surface area contributed by atoms with Crippen LogP contribution >= 0.6 is 23.2 Å². The summed E-state index contributed by atoms with van der Waals surface area (Å²) in [7, 11) is 0. The average Bonchev–Trinajstić information content (AvgIpc) is 2.91. The largest absolute Gasteiger partial charge is 0.395 e. The number of fused-ring (bicyclic) bond motifs is 1. The van der Waals surface area contributed by atoms with Crippen LogP contribution in [0.25, 0.3) is 11.0 Å². The van der Waals surface area contributed by atoms with Gasteiger partial charge in [-0.2, -0.15) is 0 Å². The minimum atomic E-state index is -0.132. The van der Waals surface area contributed by atoms with E-state index in [0.717, 1.165) is 13.1 Å². The molecule has 118 valence electrons. The van der Waals surface area contributed by atoms with Crippen LogP contribution in [-0.2, 0) is 0 Å². The molecule has 1 aliphatic heterocycles. The van der Waals surface area contributed by atoms with Crippen LogP contribution in [0.2, 0.25) is 10.0 Å². The van der Waals surface area contributed by atoms with Crippen molar-refractivity contribution in [3.63, 3.8) is 0 Å². The van der Waals surface area contributed by atoms with E-state index < -0.39 is 0 Å². The van der Waals surface area contributed by atoms with Crippen molar-refractivity contribution in [3.05, 3.63) is 28.0 Å². The van der Waals surface area contributed by atoms with Gasteiger partial charge >= 0.3 is 0 Å². The number of aromatic amines is 1. The summed E-state index contributed by atoms with van der Waals surface area (Å²) >= 11 is 11.9. The van der Waals surface area contributed by atoms with Gasteiger partial charge in [0.05, 0.1) is 27.7 Å². The Balaban J connectivity index is 1.75. The minimum Gasteiger partial charge on any atom is -0.395 e. The number of amides is 1. The molecule has 2 heterocycles. The van der Waals surface area contributed by atoms with Gasteiger partial charge in [0.25, 0.3) is 5.91 Å². The molecular formula is C14H16Cl2N4O2. The van der Waals surface area contributed by atoms with Gasteiger partial charge in [0.15, 0.2) is 5.82 Å². The number of H-pyrrole nitrogens is 1. The van der Waals surface area contributed by atoms with Gasteiger partial charge in [0, 0.05) is 32.7 Å². The standard InChI is InChI=1S/C14H16Cl2N4O2/c15-9-7-11-12(8-10(9)16)18-13(17-11)14(22)20-3-1-19(2-4-20)5-6-21/h7-8,21H,1-6H2,(H,17,18). The third kappa shape index (κ3) is 3.05. The van der Waals surface area contributed by atoms with Crippen LogP contribution < -0.4 is 0 Å². The number of halogens is 2. The van der Waals surface area contributed by atoms with Gasteiger partial charge in [-0.3, -0.25) is 9.69 Å².